The quantitative estimate of drug-likeness (QED) is 0.458. The molecule has 1 aromatic carbocycles. The van der Waals surface area contributed by atoms with E-state index < -0.39 is 0 Å². The molecule has 0 radical (unpaired) electrons. The Morgan fingerprint density at radius 2 is 1.93 bits per heavy atom. The van der Waals surface area contributed by atoms with Crippen LogP contribution in [0.25, 0.3) is 5.69 Å². The predicted molar refractivity (Wildman–Crippen MR) is 122 cm³/mol. The molecule has 3 rings (SSSR count). The molecule has 1 unspecified atom stereocenters. The molecular weight excluding hydrogens is 398 g/mol. The largest absolute Gasteiger partial charge is 0.378 e. The van der Waals surface area contributed by atoms with Crippen molar-refractivity contribution in [2.75, 3.05) is 37.0 Å². The highest BCUT2D eigenvalue weighted by atomic mass is 32.2. The van der Waals surface area contributed by atoms with Crippen LogP contribution < -0.4 is 10.2 Å². The van der Waals surface area contributed by atoms with Crippen molar-refractivity contribution < 1.29 is 9.53 Å². The number of benzene rings is 1. The third kappa shape index (κ3) is 6.22. The van der Waals surface area contributed by atoms with E-state index in [9.17, 15) is 4.79 Å². The summed E-state index contributed by atoms with van der Waals surface area (Å²) in [5.41, 5.74) is 2.20. The van der Waals surface area contributed by atoms with Crippen LogP contribution in [0, 0.1) is 6.92 Å². The first-order chi connectivity index (χ1) is 14.6. The summed E-state index contributed by atoms with van der Waals surface area (Å²) < 4.78 is 7.53. The molecule has 30 heavy (non-hydrogen) atoms. The van der Waals surface area contributed by atoms with E-state index in [0.717, 1.165) is 42.7 Å². The van der Waals surface area contributed by atoms with Gasteiger partial charge in [-0.25, -0.2) is 0 Å². The molecule has 1 aromatic heterocycles. The number of morpholine rings is 1. The number of rotatable bonds is 10. The molecule has 1 atom stereocenters. The fourth-order valence-electron chi connectivity index (χ4n) is 3.46. The Hall–Kier alpha value is -2.06. The van der Waals surface area contributed by atoms with E-state index in [-0.39, 0.29) is 11.9 Å². The van der Waals surface area contributed by atoms with Gasteiger partial charge in [0.25, 0.3) is 0 Å². The second kappa shape index (κ2) is 11.4. The molecule has 0 saturated carbocycles. The summed E-state index contributed by atoms with van der Waals surface area (Å²) in [7, 11) is 0. The monoisotopic (exact) mass is 431 g/mol. The molecule has 8 heteroatoms. The summed E-state index contributed by atoms with van der Waals surface area (Å²) in [4.78, 5) is 14.6. The fraction of sp³-hybridized carbons (Fsp3) is 0.591. The molecule has 1 aliphatic rings. The Morgan fingerprint density at radius 3 is 2.63 bits per heavy atom. The molecular formula is C22H33N5O2S. The zero-order valence-electron chi connectivity index (χ0n) is 18.3. The number of thioether (sulfide) groups is 1. The van der Waals surface area contributed by atoms with Gasteiger partial charge in [0.2, 0.25) is 11.9 Å². The van der Waals surface area contributed by atoms with E-state index >= 15 is 0 Å². The van der Waals surface area contributed by atoms with Crippen LogP contribution >= 0.6 is 11.8 Å². The van der Waals surface area contributed by atoms with E-state index in [2.05, 4.69) is 65.5 Å². The summed E-state index contributed by atoms with van der Waals surface area (Å²) in [5, 5.41) is 12.7. The smallest absolute Gasteiger partial charge is 0.232 e. The predicted octanol–water partition coefficient (Wildman–Crippen LogP) is 3.59. The van der Waals surface area contributed by atoms with Crippen molar-refractivity contribution in [1.82, 2.24) is 20.1 Å². The number of carbonyl (C=O) groups excluding carboxylic acids is 1. The van der Waals surface area contributed by atoms with E-state index in [1.54, 1.807) is 0 Å². The molecule has 1 fully saturated rings. The molecule has 0 aliphatic carbocycles. The SMILES string of the molecule is CCCCCC(C)NC(=O)CSc1nnc(N2CCOCC2)n1-c1ccc(C)cc1. The molecule has 1 amide bonds. The van der Waals surface area contributed by atoms with Gasteiger partial charge in [-0.2, -0.15) is 0 Å². The van der Waals surface area contributed by atoms with Gasteiger partial charge >= 0.3 is 0 Å². The lowest BCUT2D eigenvalue weighted by atomic mass is 10.1. The van der Waals surface area contributed by atoms with Gasteiger partial charge in [0.1, 0.15) is 0 Å². The lowest BCUT2D eigenvalue weighted by Crippen LogP contribution is -2.38. The summed E-state index contributed by atoms with van der Waals surface area (Å²) in [5.74, 6) is 1.17. The lowest BCUT2D eigenvalue weighted by molar-refractivity contribution is -0.119. The summed E-state index contributed by atoms with van der Waals surface area (Å²) in [6.45, 7) is 9.26. The van der Waals surface area contributed by atoms with Crippen LogP contribution in [-0.2, 0) is 9.53 Å². The minimum Gasteiger partial charge on any atom is -0.378 e. The van der Waals surface area contributed by atoms with Gasteiger partial charge in [-0.15, -0.1) is 10.2 Å². The van der Waals surface area contributed by atoms with E-state index in [1.807, 2.05) is 4.57 Å². The highest BCUT2D eigenvalue weighted by Crippen LogP contribution is 2.27. The van der Waals surface area contributed by atoms with Crippen LogP contribution in [0.5, 0.6) is 0 Å². The third-order valence-electron chi connectivity index (χ3n) is 5.18. The molecule has 7 nitrogen and oxygen atoms in total. The maximum atomic E-state index is 12.4. The number of ether oxygens (including phenoxy) is 1. The number of hydrogen-bond donors (Lipinski definition) is 1. The van der Waals surface area contributed by atoms with E-state index in [4.69, 9.17) is 4.74 Å². The number of amides is 1. The van der Waals surface area contributed by atoms with Gasteiger partial charge in [0.05, 0.1) is 24.7 Å². The first-order valence-corrected chi connectivity index (χ1v) is 11.8. The first-order valence-electron chi connectivity index (χ1n) is 10.9. The molecule has 1 N–H and O–H groups in total. The summed E-state index contributed by atoms with van der Waals surface area (Å²) >= 11 is 1.43. The van der Waals surface area contributed by atoms with Gasteiger partial charge < -0.3 is 15.0 Å². The molecule has 164 valence electrons. The average molecular weight is 432 g/mol. The molecule has 0 spiro atoms. The summed E-state index contributed by atoms with van der Waals surface area (Å²) in [6.07, 6.45) is 4.57. The van der Waals surface area contributed by atoms with Crippen LogP contribution in [0.4, 0.5) is 5.95 Å². The number of nitrogens with zero attached hydrogens (tertiary/aromatic N) is 4. The molecule has 2 heterocycles. The van der Waals surface area contributed by atoms with Gasteiger partial charge in [-0.1, -0.05) is 55.6 Å². The Balaban J connectivity index is 1.70. The molecule has 2 aromatic rings. The van der Waals surface area contributed by atoms with Crippen molar-refractivity contribution in [3.05, 3.63) is 29.8 Å². The van der Waals surface area contributed by atoms with Crippen LogP contribution in [0.3, 0.4) is 0 Å². The maximum absolute atomic E-state index is 12.4. The first kappa shape index (κ1) is 22.6. The standard InChI is InChI=1S/C22H33N5O2S/c1-4-5-6-7-18(3)23-20(28)16-30-22-25-24-21(26-12-14-29-15-13-26)27(22)19-10-8-17(2)9-11-19/h8-11,18H,4-7,12-16H2,1-3H3,(H,23,28). The van der Waals surface area contributed by atoms with Crippen LogP contribution in [0.1, 0.15) is 45.1 Å². The second-order valence-electron chi connectivity index (χ2n) is 7.81. The number of hydrogen-bond acceptors (Lipinski definition) is 6. The van der Waals surface area contributed by atoms with Crippen LogP contribution in [0.15, 0.2) is 29.4 Å². The summed E-state index contributed by atoms with van der Waals surface area (Å²) in [6, 6.07) is 8.50. The zero-order valence-corrected chi connectivity index (χ0v) is 19.1. The number of aromatic nitrogens is 3. The Morgan fingerprint density at radius 1 is 1.20 bits per heavy atom. The second-order valence-corrected chi connectivity index (χ2v) is 8.75. The minimum absolute atomic E-state index is 0.0374. The van der Waals surface area contributed by atoms with Crippen molar-refractivity contribution in [2.45, 2.75) is 57.7 Å². The van der Waals surface area contributed by atoms with Crippen molar-refractivity contribution >= 4 is 23.6 Å². The Kier molecular flexibility index (Phi) is 8.57. The number of aryl methyl sites for hydroxylation is 1. The highest BCUT2D eigenvalue weighted by molar-refractivity contribution is 7.99. The number of anilines is 1. The molecule has 1 saturated heterocycles. The van der Waals surface area contributed by atoms with Crippen LogP contribution in [-0.4, -0.2) is 58.8 Å². The Labute approximate surface area is 183 Å². The molecule has 1 aliphatic heterocycles. The van der Waals surface area contributed by atoms with Gasteiger partial charge in [-0.05, 0) is 32.4 Å². The number of carbonyl (C=O) groups is 1. The maximum Gasteiger partial charge on any atom is 0.232 e. The van der Waals surface area contributed by atoms with E-state index in [1.165, 1.54) is 30.2 Å². The van der Waals surface area contributed by atoms with E-state index in [0.29, 0.717) is 19.0 Å². The normalized spacial score (nSPS) is 15.2. The zero-order chi connectivity index (χ0) is 21.3. The lowest BCUT2D eigenvalue weighted by Gasteiger charge is -2.28. The fourth-order valence-corrected chi connectivity index (χ4v) is 4.22. The van der Waals surface area contributed by atoms with Crippen molar-refractivity contribution in [3.63, 3.8) is 0 Å². The number of nitrogens with one attached hydrogen (secondary N) is 1. The minimum atomic E-state index is 0.0374. The van der Waals surface area contributed by atoms with Gasteiger partial charge in [0.15, 0.2) is 5.16 Å². The number of unbranched alkanes of at least 4 members (excludes halogenated alkanes) is 2. The Bertz CT molecular complexity index is 802. The highest BCUT2D eigenvalue weighted by Gasteiger charge is 2.22. The van der Waals surface area contributed by atoms with Gasteiger partial charge in [0, 0.05) is 19.1 Å². The van der Waals surface area contributed by atoms with Crippen molar-refractivity contribution in [2.24, 2.45) is 0 Å². The topological polar surface area (TPSA) is 72.3 Å². The van der Waals surface area contributed by atoms with Gasteiger partial charge in [-0.3, -0.25) is 9.36 Å². The average Bonchev–Trinajstić information content (AvgIpc) is 3.17. The van der Waals surface area contributed by atoms with Crippen LogP contribution in [0.2, 0.25) is 0 Å². The van der Waals surface area contributed by atoms with Crippen molar-refractivity contribution in [3.8, 4) is 5.69 Å². The molecule has 0 bridgehead atoms. The van der Waals surface area contributed by atoms with Crippen molar-refractivity contribution in [1.29, 1.82) is 0 Å². The third-order valence-corrected chi connectivity index (χ3v) is 6.11.